The monoisotopic (exact) mass is 269 g/mol. The summed E-state index contributed by atoms with van der Waals surface area (Å²) in [7, 11) is 0. The number of hydrogen-bond donors (Lipinski definition) is 2. The van der Waals surface area contributed by atoms with Crippen LogP contribution in [0.2, 0.25) is 0 Å². The molecule has 0 bridgehead atoms. The van der Waals surface area contributed by atoms with Crippen LogP contribution in [0.1, 0.15) is 46.5 Å². The number of nitrogens with zero attached hydrogens (tertiary/aromatic N) is 1. The summed E-state index contributed by atoms with van der Waals surface area (Å²) in [6.45, 7) is 11.0. The van der Waals surface area contributed by atoms with Crippen LogP contribution in [0.4, 0.5) is 0 Å². The van der Waals surface area contributed by atoms with Crippen LogP contribution in [-0.2, 0) is 4.79 Å². The largest absolute Gasteiger partial charge is 0.355 e. The molecule has 1 unspecified atom stereocenters. The molecule has 4 heteroatoms. The van der Waals surface area contributed by atoms with Gasteiger partial charge in [-0.05, 0) is 38.3 Å². The van der Waals surface area contributed by atoms with Gasteiger partial charge in [-0.1, -0.05) is 27.2 Å². The van der Waals surface area contributed by atoms with Crippen LogP contribution >= 0.6 is 0 Å². The van der Waals surface area contributed by atoms with Crippen LogP contribution in [0.5, 0.6) is 0 Å². The third kappa shape index (κ3) is 6.92. The van der Waals surface area contributed by atoms with Gasteiger partial charge in [0.25, 0.3) is 0 Å². The normalized spacial score (nSPS) is 20.7. The summed E-state index contributed by atoms with van der Waals surface area (Å²) in [4.78, 5) is 14.2. The van der Waals surface area contributed by atoms with E-state index in [4.69, 9.17) is 0 Å². The van der Waals surface area contributed by atoms with E-state index >= 15 is 0 Å². The molecule has 112 valence electrons. The Morgan fingerprint density at radius 3 is 2.84 bits per heavy atom. The zero-order valence-corrected chi connectivity index (χ0v) is 12.9. The molecule has 1 rings (SSSR count). The van der Waals surface area contributed by atoms with Gasteiger partial charge in [-0.15, -0.1) is 0 Å². The van der Waals surface area contributed by atoms with Crippen LogP contribution in [0.25, 0.3) is 0 Å². The molecule has 0 spiro atoms. The van der Waals surface area contributed by atoms with E-state index in [-0.39, 0.29) is 5.91 Å². The second-order valence-electron chi connectivity index (χ2n) is 6.02. The first-order chi connectivity index (χ1) is 9.13. The first-order valence-corrected chi connectivity index (χ1v) is 7.85. The standard InChI is InChI=1S/C15H31N3O/c1-4-8-17-15(19)12-18-9-6-5-7-14(18)11-16-10-13(2)3/h13-14,16H,4-12H2,1-3H3,(H,17,19). The van der Waals surface area contributed by atoms with Crippen molar-refractivity contribution in [2.24, 2.45) is 5.92 Å². The molecule has 4 nitrogen and oxygen atoms in total. The maximum absolute atomic E-state index is 11.8. The summed E-state index contributed by atoms with van der Waals surface area (Å²) in [6.07, 6.45) is 4.74. The van der Waals surface area contributed by atoms with Gasteiger partial charge in [-0.25, -0.2) is 0 Å². The minimum Gasteiger partial charge on any atom is -0.355 e. The molecule has 2 N–H and O–H groups in total. The molecular formula is C15H31N3O. The van der Waals surface area contributed by atoms with E-state index in [0.717, 1.165) is 32.6 Å². The van der Waals surface area contributed by atoms with E-state index in [9.17, 15) is 4.79 Å². The van der Waals surface area contributed by atoms with E-state index in [1.807, 2.05) is 0 Å². The molecule has 0 aliphatic carbocycles. The van der Waals surface area contributed by atoms with Crippen molar-refractivity contribution in [2.45, 2.75) is 52.5 Å². The molecule has 1 aliphatic rings. The Bertz CT molecular complexity index is 256. The summed E-state index contributed by atoms with van der Waals surface area (Å²) < 4.78 is 0. The summed E-state index contributed by atoms with van der Waals surface area (Å²) >= 11 is 0. The highest BCUT2D eigenvalue weighted by Gasteiger charge is 2.23. The minimum absolute atomic E-state index is 0.178. The Morgan fingerprint density at radius 2 is 2.16 bits per heavy atom. The maximum atomic E-state index is 11.8. The van der Waals surface area contributed by atoms with E-state index in [0.29, 0.717) is 18.5 Å². The van der Waals surface area contributed by atoms with E-state index in [1.54, 1.807) is 0 Å². The Morgan fingerprint density at radius 1 is 1.37 bits per heavy atom. The zero-order valence-electron chi connectivity index (χ0n) is 12.9. The van der Waals surface area contributed by atoms with Gasteiger partial charge in [0.2, 0.25) is 5.91 Å². The molecule has 19 heavy (non-hydrogen) atoms. The first kappa shape index (κ1) is 16.4. The summed E-state index contributed by atoms with van der Waals surface area (Å²) in [5.41, 5.74) is 0. The summed E-state index contributed by atoms with van der Waals surface area (Å²) in [5.74, 6) is 0.863. The van der Waals surface area contributed by atoms with Crippen molar-refractivity contribution in [3.05, 3.63) is 0 Å². The second kappa shape index (κ2) is 9.32. The number of likely N-dealkylation sites (tertiary alicyclic amines) is 1. The molecule has 1 heterocycles. The highest BCUT2D eigenvalue weighted by molar-refractivity contribution is 5.78. The Hall–Kier alpha value is -0.610. The molecule has 1 aliphatic heterocycles. The number of rotatable bonds is 8. The number of nitrogens with one attached hydrogen (secondary N) is 2. The molecule has 1 saturated heterocycles. The smallest absolute Gasteiger partial charge is 0.234 e. The number of hydrogen-bond acceptors (Lipinski definition) is 3. The highest BCUT2D eigenvalue weighted by Crippen LogP contribution is 2.16. The summed E-state index contributed by atoms with van der Waals surface area (Å²) in [5, 5.41) is 6.50. The van der Waals surface area contributed by atoms with Gasteiger partial charge < -0.3 is 10.6 Å². The Balaban J connectivity index is 2.32. The third-order valence-electron chi connectivity index (χ3n) is 3.60. The van der Waals surface area contributed by atoms with Gasteiger partial charge in [0.15, 0.2) is 0 Å². The lowest BCUT2D eigenvalue weighted by Gasteiger charge is -2.35. The highest BCUT2D eigenvalue weighted by atomic mass is 16.2. The van der Waals surface area contributed by atoms with Gasteiger partial charge in [0, 0.05) is 19.1 Å². The molecule has 1 amide bonds. The Labute approximate surface area is 118 Å². The van der Waals surface area contributed by atoms with Crippen molar-refractivity contribution in [1.82, 2.24) is 15.5 Å². The lowest BCUT2D eigenvalue weighted by Crippen LogP contribution is -2.49. The fourth-order valence-corrected chi connectivity index (χ4v) is 2.54. The first-order valence-electron chi connectivity index (χ1n) is 7.85. The zero-order chi connectivity index (χ0) is 14.1. The quantitative estimate of drug-likeness (QED) is 0.704. The fourth-order valence-electron chi connectivity index (χ4n) is 2.54. The van der Waals surface area contributed by atoms with E-state index in [1.165, 1.54) is 19.3 Å². The van der Waals surface area contributed by atoms with Gasteiger partial charge in [-0.3, -0.25) is 9.69 Å². The topological polar surface area (TPSA) is 44.4 Å². The SMILES string of the molecule is CCCNC(=O)CN1CCCCC1CNCC(C)C. The molecule has 1 fully saturated rings. The molecule has 0 aromatic carbocycles. The maximum Gasteiger partial charge on any atom is 0.234 e. The van der Waals surface area contributed by atoms with E-state index in [2.05, 4.69) is 36.3 Å². The molecule has 0 aromatic heterocycles. The number of amides is 1. The fraction of sp³-hybridized carbons (Fsp3) is 0.933. The Kier molecular flexibility index (Phi) is 8.07. The summed E-state index contributed by atoms with van der Waals surface area (Å²) in [6, 6.07) is 0.528. The lowest BCUT2D eigenvalue weighted by molar-refractivity contribution is -0.123. The molecule has 1 atom stereocenters. The molecule has 0 radical (unpaired) electrons. The lowest BCUT2D eigenvalue weighted by atomic mass is 10.0. The number of piperidine rings is 1. The van der Waals surface area contributed by atoms with Crippen LogP contribution < -0.4 is 10.6 Å². The van der Waals surface area contributed by atoms with Crippen LogP contribution in [0.3, 0.4) is 0 Å². The van der Waals surface area contributed by atoms with Crippen LogP contribution in [0, 0.1) is 5.92 Å². The predicted octanol–water partition coefficient (Wildman–Crippen LogP) is 1.61. The average molecular weight is 269 g/mol. The van der Waals surface area contributed by atoms with Gasteiger partial charge in [-0.2, -0.15) is 0 Å². The predicted molar refractivity (Wildman–Crippen MR) is 80.2 cm³/mol. The van der Waals surface area contributed by atoms with Gasteiger partial charge in [0.05, 0.1) is 6.54 Å². The van der Waals surface area contributed by atoms with Gasteiger partial charge in [0.1, 0.15) is 0 Å². The van der Waals surface area contributed by atoms with Crippen molar-refractivity contribution in [3.63, 3.8) is 0 Å². The van der Waals surface area contributed by atoms with Crippen LogP contribution in [-0.4, -0.2) is 49.6 Å². The van der Waals surface area contributed by atoms with Crippen LogP contribution in [0.15, 0.2) is 0 Å². The van der Waals surface area contributed by atoms with Crippen molar-refractivity contribution >= 4 is 5.91 Å². The van der Waals surface area contributed by atoms with Crippen molar-refractivity contribution in [3.8, 4) is 0 Å². The van der Waals surface area contributed by atoms with Crippen molar-refractivity contribution in [1.29, 1.82) is 0 Å². The minimum atomic E-state index is 0.178. The van der Waals surface area contributed by atoms with Crippen molar-refractivity contribution in [2.75, 3.05) is 32.7 Å². The molecular weight excluding hydrogens is 238 g/mol. The molecule has 0 aromatic rings. The van der Waals surface area contributed by atoms with Crippen molar-refractivity contribution < 1.29 is 4.79 Å². The average Bonchev–Trinajstić information content (AvgIpc) is 2.38. The van der Waals surface area contributed by atoms with Gasteiger partial charge >= 0.3 is 0 Å². The molecule has 0 saturated carbocycles. The van der Waals surface area contributed by atoms with E-state index < -0.39 is 0 Å². The third-order valence-corrected chi connectivity index (χ3v) is 3.60. The second-order valence-corrected chi connectivity index (χ2v) is 6.02. The number of carbonyl (C=O) groups is 1. The number of carbonyl (C=O) groups excluding carboxylic acids is 1.